The Morgan fingerprint density at radius 1 is 1.04 bits per heavy atom. The van der Waals surface area contributed by atoms with Gasteiger partial charge in [-0.1, -0.05) is 12.1 Å². The molecule has 3 aromatic rings. The molecule has 0 radical (unpaired) electrons. The van der Waals surface area contributed by atoms with Gasteiger partial charge < -0.3 is 15.4 Å². The Balaban J connectivity index is 1.57. The predicted octanol–water partition coefficient (Wildman–Crippen LogP) is 2.19. The van der Waals surface area contributed by atoms with Crippen LogP contribution in [-0.4, -0.2) is 41.5 Å². The first-order chi connectivity index (χ1) is 13.1. The summed E-state index contributed by atoms with van der Waals surface area (Å²) in [6, 6.07) is 12.1. The fraction of sp³-hybridized carbons (Fsp3) is 0.200. The van der Waals surface area contributed by atoms with E-state index in [0.29, 0.717) is 23.6 Å². The number of methoxy groups -OCH3 is 1. The predicted molar refractivity (Wildman–Crippen MR) is 102 cm³/mol. The van der Waals surface area contributed by atoms with Crippen molar-refractivity contribution in [1.29, 1.82) is 0 Å². The lowest BCUT2D eigenvalue weighted by Gasteiger charge is -2.15. The van der Waals surface area contributed by atoms with Crippen LogP contribution in [0, 0.1) is 0 Å². The third-order valence-corrected chi connectivity index (χ3v) is 4.02. The van der Waals surface area contributed by atoms with Crippen molar-refractivity contribution in [2.24, 2.45) is 0 Å². The van der Waals surface area contributed by atoms with Gasteiger partial charge in [0.1, 0.15) is 0 Å². The molecule has 2 heterocycles. The summed E-state index contributed by atoms with van der Waals surface area (Å²) in [5, 5.41) is 6.63. The number of fused-ring (bicyclic) bond motifs is 1. The summed E-state index contributed by atoms with van der Waals surface area (Å²) < 4.78 is 5.01. The number of benzene rings is 1. The zero-order valence-electron chi connectivity index (χ0n) is 15.1. The van der Waals surface area contributed by atoms with Crippen LogP contribution in [0.1, 0.15) is 27.6 Å². The van der Waals surface area contributed by atoms with Crippen LogP contribution in [-0.2, 0) is 0 Å². The van der Waals surface area contributed by atoms with Gasteiger partial charge in [0.15, 0.2) is 0 Å². The maximum atomic E-state index is 12.4. The largest absolute Gasteiger partial charge is 0.481 e. The molecule has 0 fully saturated rings. The Bertz CT molecular complexity index is 974. The molecule has 7 nitrogen and oxygen atoms in total. The highest BCUT2D eigenvalue weighted by atomic mass is 16.5. The van der Waals surface area contributed by atoms with Crippen LogP contribution in [0.15, 0.2) is 54.9 Å². The van der Waals surface area contributed by atoms with E-state index < -0.39 is 0 Å². The number of rotatable bonds is 6. The minimum atomic E-state index is -0.258. The van der Waals surface area contributed by atoms with Crippen molar-refractivity contribution in [1.82, 2.24) is 20.6 Å². The first-order valence-corrected chi connectivity index (χ1v) is 8.50. The van der Waals surface area contributed by atoms with Crippen LogP contribution in [0.3, 0.4) is 0 Å². The normalized spacial score (nSPS) is 11.6. The zero-order chi connectivity index (χ0) is 19.2. The molecule has 2 N–H and O–H groups in total. The molecule has 0 unspecified atom stereocenters. The number of hydrogen-bond donors (Lipinski definition) is 2. The Hall–Kier alpha value is -3.48. The zero-order valence-corrected chi connectivity index (χ0v) is 15.1. The fourth-order valence-corrected chi connectivity index (χ4v) is 2.58. The summed E-state index contributed by atoms with van der Waals surface area (Å²) in [6.45, 7) is 2.12. The van der Waals surface area contributed by atoms with E-state index in [1.165, 1.54) is 13.3 Å². The molecular weight excluding hydrogens is 344 g/mol. The van der Waals surface area contributed by atoms with E-state index in [1.807, 2.05) is 25.1 Å². The Kier molecular flexibility index (Phi) is 5.61. The van der Waals surface area contributed by atoms with E-state index >= 15 is 0 Å². The third-order valence-electron chi connectivity index (χ3n) is 4.02. The van der Waals surface area contributed by atoms with Gasteiger partial charge in [-0.15, -0.1) is 0 Å². The van der Waals surface area contributed by atoms with Crippen LogP contribution in [0.4, 0.5) is 0 Å². The molecule has 138 valence electrons. The Labute approximate surface area is 156 Å². The second kappa shape index (κ2) is 8.27. The molecule has 1 atom stereocenters. The quantitative estimate of drug-likeness (QED) is 0.699. The van der Waals surface area contributed by atoms with E-state index in [1.54, 1.807) is 30.5 Å². The number of aromatic nitrogens is 2. The minimum Gasteiger partial charge on any atom is -0.481 e. The van der Waals surface area contributed by atoms with Crippen molar-refractivity contribution < 1.29 is 14.3 Å². The second-order valence-electron chi connectivity index (χ2n) is 6.08. The van der Waals surface area contributed by atoms with E-state index in [-0.39, 0.29) is 17.9 Å². The van der Waals surface area contributed by atoms with Crippen LogP contribution in [0.25, 0.3) is 10.9 Å². The van der Waals surface area contributed by atoms with Crippen molar-refractivity contribution in [3.05, 3.63) is 66.0 Å². The van der Waals surface area contributed by atoms with Gasteiger partial charge in [0.2, 0.25) is 5.88 Å². The van der Waals surface area contributed by atoms with Crippen molar-refractivity contribution >= 4 is 22.7 Å². The van der Waals surface area contributed by atoms with Crippen molar-refractivity contribution in [2.75, 3.05) is 13.7 Å². The summed E-state index contributed by atoms with van der Waals surface area (Å²) in [4.78, 5) is 32.8. The molecule has 3 rings (SSSR count). The summed E-state index contributed by atoms with van der Waals surface area (Å²) in [5.74, 6) is -0.101. The molecule has 2 aromatic heterocycles. The van der Waals surface area contributed by atoms with E-state index in [0.717, 1.165) is 10.9 Å². The molecule has 1 aromatic carbocycles. The smallest absolute Gasteiger partial charge is 0.251 e. The highest BCUT2D eigenvalue weighted by molar-refractivity contribution is 5.98. The van der Waals surface area contributed by atoms with Crippen molar-refractivity contribution in [2.45, 2.75) is 13.0 Å². The molecule has 0 saturated heterocycles. The molecule has 0 aliphatic carbocycles. The number of carbonyl (C=O) groups is 2. The first-order valence-electron chi connectivity index (χ1n) is 8.50. The summed E-state index contributed by atoms with van der Waals surface area (Å²) in [5.41, 5.74) is 1.73. The molecule has 0 spiro atoms. The minimum absolute atomic E-state index is 0.213. The molecule has 0 aliphatic heterocycles. The number of carbonyl (C=O) groups excluding carboxylic acids is 2. The molecule has 2 amide bonds. The summed E-state index contributed by atoms with van der Waals surface area (Å²) >= 11 is 0. The van der Waals surface area contributed by atoms with Gasteiger partial charge in [-0.05, 0) is 31.2 Å². The van der Waals surface area contributed by atoms with Gasteiger partial charge in [0.05, 0.1) is 12.6 Å². The maximum absolute atomic E-state index is 12.4. The highest BCUT2D eigenvalue weighted by Crippen LogP contribution is 2.13. The van der Waals surface area contributed by atoms with E-state index in [2.05, 4.69) is 20.6 Å². The topological polar surface area (TPSA) is 93.2 Å². The molecule has 27 heavy (non-hydrogen) atoms. The molecule has 7 heteroatoms. The van der Waals surface area contributed by atoms with E-state index in [9.17, 15) is 9.59 Å². The van der Waals surface area contributed by atoms with Crippen molar-refractivity contribution in [3.8, 4) is 5.88 Å². The van der Waals surface area contributed by atoms with Crippen LogP contribution in [0.5, 0.6) is 5.88 Å². The van der Waals surface area contributed by atoms with Crippen molar-refractivity contribution in [3.63, 3.8) is 0 Å². The summed E-state index contributed by atoms with van der Waals surface area (Å²) in [7, 11) is 1.49. The number of ether oxygens (including phenoxy) is 1. The van der Waals surface area contributed by atoms with Gasteiger partial charge in [-0.25, -0.2) is 4.98 Å². The lowest BCUT2D eigenvalue weighted by Crippen LogP contribution is -2.41. The molecule has 0 bridgehead atoms. The molecule has 0 saturated carbocycles. The average Bonchev–Trinajstić information content (AvgIpc) is 2.71. The van der Waals surface area contributed by atoms with Crippen LogP contribution < -0.4 is 15.4 Å². The number of pyridine rings is 2. The van der Waals surface area contributed by atoms with Gasteiger partial charge in [0, 0.05) is 47.6 Å². The lowest BCUT2D eigenvalue weighted by atomic mass is 10.1. The molecular formula is C20H20N4O3. The maximum Gasteiger partial charge on any atom is 0.251 e. The summed E-state index contributed by atoms with van der Waals surface area (Å²) in [6.07, 6.45) is 3.20. The van der Waals surface area contributed by atoms with Gasteiger partial charge >= 0.3 is 0 Å². The number of nitrogens with one attached hydrogen (secondary N) is 2. The Morgan fingerprint density at radius 2 is 1.85 bits per heavy atom. The van der Waals surface area contributed by atoms with Gasteiger partial charge in [-0.2, -0.15) is 0 Å². The second-order valence-corrected chi connectivity index (χ2v) is 6.08. The highest BCUT2D eigenvalue weighted by Gasteiger charge is 2.13. The number of amides is 2. The SMILES string of the molecule is COc1cc(C(=O)NC[C@H](C)NC(=O)c2ccc3cccnc3c2)ccn1. The standard InChI is InChI=1S/C20H20N4O3/c1-13(12-23-19(25)16-7-9-22-18(11-16)27-2)24-20(26)15-6-5-14-4-3-8-21-17(14)10-15/h3-11,13H,12H2,1-2H3,(H,23,25)(H,24,26)/t13-/m0/s1. The number of nitrogens with zero attached hydrogens (tertiary/aromatic N) is 2. The monoisotopic (exact) mass is 364 g/mol. The van der Waals surface area contributed by atoms with Crippen LogP contribution in [0.2, 0.25) is 0 Å². The third kappa shape index (κ3) is 4.58. The number of hydrogen-bond acceptors (Lipinski definition) is 5. The van der Waals surface area contributed by atoms with Gasteiger partial charge in [0.25, 0.3) is 11.8 Å². The lowest BCUT2D eigenvalue weighted by molar-refractivity contribution is 0.0912. The Morgan fingerprint density at radius 3 is 2.67 bits per heavy atom. The molecule has 0 aliphatic rings. The fourth-order valence-electron chi connectivity index (χ4n) is 2.58. The van der Waals surface area contributed by atoms with Gasteiger partial charge in [-0.3, -0.25) is 14.6 Å². The van der Waals surface area contributed by atoms with E-state index in [4.69, 9.17) is 4.74 Å². The van der Waals surface area contributed by atoms with Crippen LogP contribution >= 0.6 is 0 Å². The average molecular weight is 364 g/mol. The first kappa shape index (κ1) is 18.3.